The van der Waals surface area contributed by atoms with Gasteiger partial charge in [-0.15, -0.1) is 0 Å². The molecule has 0 bridgehead atoms. The summed E-state index contributed by atoms with van der Waals surface area (Å²) in [7, 11) is 0. The number of aliphatic hydroxyl groups is 7. The number of esters is 2. The quantitative estimate of drug-likeness (QED) is 0.0216. The topological polar surface area (TPSA) is 231 Å². The van der Waals surface area contributed by atoms with Crippen LogP contribution < -0.4 is 0 Å². The van der Waals surface area contributed by atoms with E-state index in [4.69, 9.17) is 28.4 Å². The summed E-state index contributed by atoms with van der Waals surface area (Å²) in [6.07, 6.45) is 17.8. The lowest BCUT2D eigenvalue weighted by atomic mass is 9.98. The first kappa shape index (κ1) is 57.1. The minimum atomic E-state index is -1.76. The number of carbonyl (C=O) groups is 2. The Morgan fingerprint density at radius 2 is 0.984 bits per heavy atom. The Balaban J connectivity index is 1.83. The SMILES string of the molecule is CCC/C=C\C/C=C\CCCCCCCC(=O)OC(COC(=O)CCCCCCCCCCCCCCCC)COC1OC(COC2OC(CO)C(O)C(O)C2O)C(O)C(O)C1O. The van der Waals surface area contributed by atoms with Crippen LogP contribution in [0.5, 0.6) is 0 Å². The second kappa shape index (κ2) is 36.1. The van der Waals surface area contributed by atoms with Gasteiger partial charge in [0.15, 0.2) is 18.7 Å². The largest absolute Gasteiger partial charge is 0.462 e. The molecule has 63 heavy (non-hydrogen) atoms. The number of hydrogen-bond donors (Lipinski definition) is 7. The Bertz CT molecular complexity index is 1200. The summed E-state index contributed by atoms with van der Waals surface area (Å²) < 4.78 is 33.5. The molecule has 2 saturated heterocycles. The zero-order valence-electron chi connectivity index (χ0n) is 38.6. The molecule has 15 heteroatoms. The number of aliphatic hydroxyl groups excluding tert-OH is 7. The molecule has 0 amide bonds. The van der Waals surface area contributed by atoms with Crippen LogP contribution in [0, 0.1) is 0 Å². The molecule has 0 spiro atoms. The van der Waals surface area contributed by atoms with Gasteiger partial charge in [0.05, 0.1) is 19.8 Å². The first-order valence-electron chi connectivity index (χ1n) is 24.4. The van der Waals surface area contributed by atoms with E-state index < -0.39 is 92.7 Å². The average molecular weight is 903 g/mol. The second-order valence-corrected chi connectivity index (χ2v) is 17.3. The number of allylic oxidation sites excluding steroid dienone is 4. The average Bonchev–Trinajstić information content (AvgIpc) is 3.28. The van der Waals surface area contributed by atoms with Gasteiger partial charge in [-0.05, 0) is 38.5 Å². The first-order valence-corrected chi connectivity index (χ1v) is 24.4. The van der Waals surface area contributed by atoms with Crippen LogP contribution >= 0.6 is 0 Å². The summed E-state index contributed by atoms with van der Waals surface area (Å²) in [5.74, 6) is -0.937. The maximum absolute atomic E-state index is 12.9. The minimum absolute atomic E-state index is 0.151. The molecule has 2 aliphatic rings. The van der Waals surface area contributed by atoms with E-state index in [0.29, 0.717) is 12.8 Å². The van der Waals surface area contributed by atoms with E-state index in [9.17, 15) is 45.3 Å². The van der Waals surface area contributed by atoms with Crippen molar-refractivity contribution in [3.05, 3.63) is 24.3 Å². The van der Waals surface area contributed by atoms with Gasteiger partial charge in [-0.1, -0.05) is 147 Å². The van der Waals surface area contributed by atoms with Crippen LogP contribution in [0.4, 0.5) is 0 Å². The van der Waals surface area contributed by atoms with E-state index in [1.165, 1.54) is 64.2 Å². The molecule has 0 aliphatic carbocycles. The van der Waals surface area contributed by atoms with Crippen LogP contribution in [0.15, 0.2) is 24.3 Å². The molecule has 0 aromatic heterocycles. The molecule has 0 aromatic rings. The number of hydrogen-bond acceptors (Lipinski definition) is 15. The van der Waals surface area contributed by atoms with Crippen molar-refractivity contribution in [1.82, 2.24) is 0 Å². The number of rotatable bonds is 37. The zero-order valence-corrected chi connectivity index (χ0v) is 38.6. The molecule has 2 aliphatic heterocycles. The Hall–Kier alpha value is -2.02. The molecule has 7 N–H and O–H groups in total. The van der Waals surface area contributed by atoms with Crippen molar-refractivity contribution in [2.24, 2.45) is 0 Å². The normalized spacial score (nSPS) is 27.0. The third-order valence-corrected chi connectivity index (χ3v) is 11.7. The molecule has 11 unspecified atom stereocenters. The molecule has 0 radical (unpaired) electrons. The van der Waals surface area contributed by atoms with E-state index in [1.807, 2.05) is 0 Å². The highest BCUT2D eigenvalue weighted by Crippen LogP contribution is 2.26. The smallest absolute Gasteiger partial charge is 0.306 e. The highest BCUT2D eigenvalue weighted by molar-refractivity contribution is 5.70. The highest BCUT2D eigenvalue weighted by atomic mass is 16.7. The van der Waals surface area contributed by atoms with Gasteiger partial charge in [-0.2, -0.15) is 0 Å². The summed E-state index contributed by atoms with van der Waals surface area (Å²) in [6.45, 7) is 2.51. The molecule has 0 aromatic carbocycles. The van der Waals surface area contributed by atoms with Crippen LogP contribution in [-0.4, -0.2) is 142 Å². The van der Waals surface area contributed by atoms with E-state index in [0.717, 1.165) is 70.6 Å². The third kappa shape index (κ3) is 24.9. The van der Waals surface area contributed by atoms with Crippen LogP contribution in [0.1, 0.15) is 174 Å². The predicted molar refractivity (Wildman–Crippen MR) is 238 cm³/mol. The van der Waals surface area contributed by atoms with Crippen molar-refractivity contribution in [3.8, 4) is 0 Å². The molecule has 11 atom stereocenters. The van der Waals surface area contributed by atoms with Crippen molar-refractivity contribution in [2.75, 3.05) is 26.4 Å². The lowest BCUT2D eigenvalue weighted by molar-refractivity contribution is -0.332. The van der Waals surface area contributed by atoms with Gasteiger partial charge in [-0.3, -0.25) is 9.59 Å². The molecule has 0 saturated carbocycles. The summed E-state index contributed by atoms with van der Waals surface area (Å²) in [6, 6.07) is 0. The van der Waals surface area contributed by atoms with E-state index in [-0.39, 0.29) is 26.1 Å². The fourth-order valence-electron chi connectivity index (χ4n) is 7.61. The van der Waals surface area contributed by atoms with Gasteiger partial charge in [-0.25, -0.2) is 0 Å². The lowest BCUT2D eigenvalue weighted by Crippen LogP contribution is -2.61. The van der Waals surface area contributed by atoms with Crippen LogP contribution in [0.3, 0.4) is 0 Å². The van der Waals surface area contributed by atoms with Crippen molar-refractivity contribution < 1.29 is 73.8 Å². The van der Waals surface area contributed by atoms with Crippen molar-refractivity contribution in [1.29, 1.82) is 0 Å². The summed E-state index contributed by atoms with van der Waals surface area (Å²) in [5.41, 5.74) is 0. The maximum atomic E-state index is 12.9. The van der Waals surface area contributed by atoms with Crippen molar-refractivity contribution >= 4 is 11.9 Å². The molecule has 2 rings (SSSR count). The van der Waals surface area contributed by atoms with Gasteiger partial charge in [0.1, 0.15) is 55.4 Å². The summed E-state index contributed by atoms with van der Waals surface area (Å²) >= 11 is 0. The van der Waals surface area contributed by atoms with Gasteiger partial charge in [0.25, 0.3) is 0 Å². The van der Waals surface area contributed by atoms with Crippen molar-refractivity contribution in [2.45, 2.75) is 242 Å². The molecule has 2 heterocycles. The van der Waals surface area contributed by atoms with Crippen LogP contribution in [0.25, 0.3) is 0 Å². The van der Waals surface area contributed by atoms with E-state index in [1.54, 1.807) is 0 Å². The van der Waals surface area contributed by atoms with E-state index in [2.05, 4.69) is 38.2 Å². The van der Waals surface area contributed by atoms with Gasteiger partial charge >= 0.3 is 11.9 Å². The number of unbranched alkanes of at least 4 members (excludes halogenated alkanes) is 19. The Kier molecular flexibility index (Phi) is 32.8. The van der Waals surface area contributed by atoms with Gasteiger partial charge < -0.3 is 64.2 Å². The predicted octanol–water partition coefficient (Wildman–Crippen LogP) is 5.99. The Morgan fingerprint density at radius 3 is 1.54 bits per heavy atom. The minimum Gasteiger partial charge on any atom is -0.462 e. The standard InChI is InChI=1S/C48H86O15/c1-3-5-7-9-11-13-15-17-19-20-22-24-26-28-30-39(50)58-33-36(61-40(51)31-29-27-25-23-21-18-16-14-12-10-8-6-4-2)34-59-47-46(57)44(55)42(53)38(63-47)35-60-48-45(56)43(54)41(52)37(32-49)62-48/h8,10,14,16,36-38,41-49,52-57H,3-7,9,11-13,15,17-35H2,1-2H3/b10-8-,16-14-. The van der Waals surface area contributed by atoms with Crippen molar-refractivity contribution in [3.63, 3.8) is 0 Å². The van der Waals surface area contributed by atoms with Gasteiger partial charge in [0, 0.05) is 12.8 Å². The molecule has 2 fully saturated rings. The van der Waals surface area contributed by atoms with Gasteiger partial charge in [0.2, 0.25) is 0 Å². The first-order chi connectivity index (χ1) is 30.5. The Labute approximate surface area is 377 Å². The van der Waals surface area contributed by atoms with E-state index >= 15 is 0 Å². The van der Waals surface area contributed by atoms with Crippen LogP contribution in [-0.2, 0) is 38.0 Å². The molecular weight excluding hydrogens is 817 g/mol. The maximum Gasteiger partial charge on any atom is 0.306 e. The number of carbonyl (C=O) groups excluding carboxylic acids is 2. The molecule has 15 nitrogen and oxygen atoms in total. The summed E-state index contributed by atoms with van der Waals surface area (Å²) in [5, 5.41) is 71.9. The highest BCUT2D eigenvalue weighted by Gasteiger charge is 2.47. The fourth-order valence-corrected chi connectivity index (χ4v) is 7.61. The fraction of sp³-hybridized carbons (Fsp3) is 0.875. The lowest BCUT2D eigenvalue weighted by Gasteiger charge is -2.42. The zero-order chi connectivity index (χ0) is 46.1. The second-order valence-electron chi connectivity index (χ2n) is 17.3. The van der Waals surface area contributed by atoms with Crippen LogP contribution in [0.2, 0.25) is 0 Å². The third-order valence-electron chi connectivity index (χ3n) is 11.7. The number of ether oxygens (including phenoxy) is 6. The summed E-state index contributed by atoms with van der Waals surface area (Å²) in [4.78, 5) is 25.7. The monoisotopic (exact) mass is 903 g/mol. The molecular formula is C48H86O15. The Morgan fingerprint density at radius 1 is 0.508 bits per heavy atom. The molecule has 368 valence electrons.